The highest BCUT2D eigenvalue weighted by molar-refractivity contribution is 5.85. The molecule has 0 aliphatic carbocycles. The van der Waals surface area contributed by atoms with Crippen LogP contribution >= 0.6 is 12.4 Å². The molecule has 3 N–H and O–H groups in total. The zero-order valence-corrected chi connectivity index (χ0v) is 5.28. The molecule has 0 unspecified atom stereocenters. The van der Waals surface area contributed by atoms with Crippen molar-refractivity contribution in [2.75, 3.05) is 13.2 Å². The minimum absolute atomic E-state index is 0. The average Bonchev–Trinajstić information content (AvgIpc) is 1.68. The van der Waals surface area contributed by atoms with Gasteiger partial charge in [0.25, 0.3) is 0 Å². The Hall–Kier alpha value is -0.120. The Morgan fingerprint density at radius 2 is 2.12 bits per heavy atom. The van der Waals surface area contributed by atoms with Crippen LogP contribution in [0.1, 0.15) is 6.42 Å². The lowest BCUT2D eigenvalue weighted by Gasteiger charge is -1.87. The van der Waals surface area contributed by atoms with Crippen LogP contribution in [0.15, 0.2) is 0 Å². The summed E-state index contributed by atoms with van der Waals surface area (Å²) in [6.45, 7) is -0.0450. The van der Waals surface area contributed by atoms with E-state index in [1.165, 1.54) is 0 Å². The van der Waals surface area contributed by atoms with E-state index in [0.717, 1.165) is 0 Å². The number of hydrogen-bond donors (Lipinski definition) is 2. The second-order valence-corrected chi connectivity index (χ2v) is 1.22. The van der Waals surface area contributed by atoms with Crippen molar-refractivity contribution in [2.45, 2.75) is 6.42 Å². The van der Waals surface area contributed by atoms with Gasteiger partial charge >= 0.3 is 0 Å². The topological polar surface area (TPSA) is 63.3 Å². The van der Waals surface area contributed by atoms with Crippen molar-refractivity contribution in [3.63, 3.8) is 0 Å². The number of hydrogen-bond acceptors (Lipinski definition) is 3. The summed E-state index contributed by atoms with van der Waals surface area (Å²) >= 11 is 0. The van der Waals surface area contributed by atoms with E-state index in [-0.39, 0.29) is 37.8 Å². The van der Waals surface area contributed by atoms with Crippen molar-refractivity contribution in [2.24, 2.45) is 5.73 Å². The molecule has 0 fully saturated rings. The number of nitrogens with two attached hydrogens (primary N) is 1. The van der Waals surface area contributed by atoms with E-state index in [9.17, 15) is 4.79 Å². The van der Waals surface area contributed by atoms with Gasteiger partial charge in [0.1, 0.15) is 5.78 Å². The van der Waals surface area contributed by atoms with Crippen LogP contribution in [0.2, 0.25) is 0 Å². The summed E-state index contributed by atoms with van der Waals surface area (Å²) in [5.74, 6) is -0.0949. The first-order valence-electron chi connectivity index (χ1n) is 2.14. The Kier molecular flexibility index (Phi) is 9.28. The molecule has 0 saturated heterocycles. The van der Waals surface area contributed by atoms with Crippen molar-refractivity contribution in [1.29, 1.82) is 0 Å². The Bertz CT molecular complexity index is 67.1. The fraction of sp³-hybridized carbons (Fsp3) is 0.750. The van der Waals surface area contributed by atoms with E-state index < -0.39 is 0 Å². The first kappa shape index (κ1) is 10.8. The van der Waals surface area contributed by atoms with Crippen LogP contribution in [0.3, 0.4) is 0 Å². The predicted octanol–water partition coefficient (Wildman–Crippen LogP) is -0.682. The number of carbonyl (C=O) groups is 1. The molecule has 4 heteroatoms. The van der Waals surface area contributed by atoms with Gasteiger partial charge in [0.05, 0.1) is 13.2 Å². The molecule has 50 valence electrons. The van der Waals surface area contributed by atoms with Crippen LogP contribution in [0.25, 0.3) is 0 Å². The van der Waals surface area contributed by atoms with Crippen LogP contribution < -0.4 is 5.73 Å². The van der Waals surface area contributed by atoms with Gasteiger partial charge in [-0.05, 0) is 0 Å². The third-order valence-electron chi connectivity index (χ3n) is 0.618. The van der Waals surface area contributed by atoms with Crippen LogP contribution in [-0.2, 0) is 4.79 Å². The number of aliphatic hydroxyl groups is 1. The Labute approximate surface area is 54.3 Å². The molecule has 0 aliphatic heterocycles. The smallest absolute Gasteiger partial charge is 0.148 e. The van der Waals surface area contributed by atoms with Crippen LogP contribution in [0.5, 0.6) is 0 Å². The van der Waals surface area contributed by atoms with Gasteiger partial charge in [-0.2, -0.15) is 0 Å². The maximum atomic E-state index is 10.1. The van der Waals surface area contributed by atoms with Crippen molar-refractivity contribution in [3.05, 3.63) is 0 Å². The minimum Gasteiger partial charge on any atom is -0.396 e. The standard InChI is InChI=1S/C4H9NO2.ClH/c5-3-4(7)1-2-6;/h6H,1-3,5H2;1H. The number of carbonyl (C=O) groups excluding carboxylic acids is 1. The monoisotopic (exact) mass is 139 g/mol. The SMILES string of the molecule is Cl.NCC(=O)CCO. The third kappa shape index (κ3) is 5.88. The summed E-state index contributed by atoms with van der Waals surface area (Å²) in [4.78, 5) is 10.1. The molecule has 0 spiro atoms. The van der Waals surface area contributed by atoms with E-state index in [1.54, 1.807) is 0 Å². The number of rotatable bonds is 3. The third-order valence-corrected chi connectivity index (χ3v) is 0.618. The minimum atomic E-state index is -0.0949. The zero-order chi connectivity index (χ0) is 5.70. The molecule has 8 heavy (non-hydrogen) atoms. The molecule has 0 aromatic carbocycles. The summed E-state index contributed by atoms with van der Waals surface area (Å²) in [6, 6.07) is 0. The van der Waals surface area contributed by atoms with Crippen molar-refractivity contribution < 1.29 is 9.90 Å². The predicted molar refractivity (Wildman–Crippen MR) is 33.0 cm³/mol. The summed E-state index contributed by atoms with van der Waals surface area (Å²) in [5, 5.41) is 8.09. The molecule has 0 atom stereocenters. The second kappa shape index (κ2) is 6.88. The van der Waals surface area contributed by atoms with Crippen molar-refractivity contribution in [1.82, 2.24) is 0 Å². The van der Waals surface area contributed by atoms with Crippen molar-refractivity contribution in [3.8, 4) is 0 Å². The molecule has 0 bridgehead atoms. The Balaban J connectivity index is 0. The summed E-state index contributed by atoms with van der Waals surface area (Å²) in [7, 11) is 0. The van der Waals surface area contributed by atoms with E-state index in [4.69, 9.17) is 10.8 Å². The molecule has 0 aromatic heterocycles. The first-order chi connectivity index (χ1) is 3.31. The molecule has 0 rings (SSSR count). The largest absolute Gasteiger partial charge is 0.396 e. The molecule has 3 nitrogen and oxygen atoms in total. The molecule has 0 aliphatic rings. The lowest BCUT2D eigenvalue weighted by Crippen LogP contribution is -2.13. The molecule has 0 aromatic rings. The molecule has 0 heterocycles. The lowest BCUT2D eigenvalue weighted by molar-refractivity contribution is -0.118. The van der Waals surface area contributed by atoms with E-state index in [0.29, 0.717) is 0 Å². The Morgan fingerprint density at radius 3 is 2.25 bits per heavy atom. The van der Waals surface area contributed by atoms with Crippen LogP contribution in [0.4, 0.5) is 0 Å². The molecule has 0 radical (unpaired) electrons. The number of halogens is 1. The van der Waals surface area contributed by atoms with E-state index in [2.05, 4.69) is 0 Å². The normalized spacial score (nSPS) is 7.75. The summed E-state index contributed by atoms with van der Waals surface area (Å²) in [6.07, 6.45) is 0.191. The molecule has 0 amide bonds. The van der Waals surface area contributed by atoms with Gasteiger partial charge in [0.2, 0.25) is 0 Å². The number of ketones is 1. The second-order valence-electron chi connectivity index (χ2n) is 1.22. The highest BCUT2D eigenvalue weighted by Gasteiger charge is 1.92. The number of Topliss-reactive ketones (excluding diaryl/α,β-unsaturated/α-hetero) is 1. The zero-order valence-electron chi connectivity index (χ0n) is 4.46. The van der Waals surface area contributed by atoms with Gasteiger partial charge in [-0.1, -0.05) is 0 Å². The van der Waals surface area contributed by atoms with Gasteiger partial charge in [-0.15, -0.1) is 12.4 Å². The van der Waals surface area contributed by atoms with E-state index >= 15 is 0 Å². The summed E-state index contributed by atoms with van der Waals surface area (Å²) in [5.41, 5.74) is 4.90. The lowest BCUT2D eigenvalue weighted by atomic mass is 10.3. The quantitative estimate of drug-likeness (QED) is 0.545. The maximum absolute atomic E-state index is 10.1. The highest BCUT2D eigenvalue weighted by atomic mass is 35.5. The fourth-order valence-corrected chi connectivity index (χ4v) is 0.227. The van der Waals surface area contributed by atoms with Crippen LogP contribution in [0, 0.1) is 0 Å². The van der Waals surface area contributed by atoms with Gasteiger partial charge in [0.15, 0.2) is 0 Å². The average molecular weight is 140 g/mol. The van der Waals surface area contributed by atoms with E-state index in [1.807, 2.05) is 0 Å². The van der Waals surface area contributed by atoms with Crippen molar-refractivity contribution >= 4 is 18.2 Å². The van der Waals surface area contributed by atoms with Crippen LogP contribution in [-0.4, -0.2) is 24.0 Å². The molecule has 0 saturated carbocycles. The Morgan fingerprint density at radius 1 is 1.62 bits per heavy atom. The fourth-order valence-electron chi connectivity index (χ4n) is 0.227. The van der Waals surface area contributed by atoms with Gasteiger partial charge in [0, 0.05) is 6.42 Å². The molecular formula is C4H10ClNO2. The maximum Gasteiger partial charge on any atom is 0.148 e. The van der Waals surface area contributed by atoms with Gasteiger partial charge in [-0.25, -0.2) is 0 Å². The van der Waals surface area contributed by atoms with Gasteiger partial charge in [-0.3, -0.25) is 4.79 Å². The first-order valence-corrected chi connectivity index (χ1v) is 2.14. The summed E-state index contributed by atoms with van der Waals surface area (Å²) < 4.78 is 0. The molecular weight excluding hydrogens is 130 g/mol. The number of aliphatic hydroxyl groups excluding tert-OH is 1. The highest BCUT2D eigenvalue weighted by Crippen LogP contribution is 1.74. The van der Waals surface area contributed by atoms with Gasteiger partial charge < -0.3 is 10.8 Å².